The number of amides is 2. The highest BCUT2D eigenvalue weighted by Gasteiger charge is 2.18. The second-order valence-corrected chi connectivity index (χ2v) is 10.5. The fraction of sp³-hybridized carbons (Fsp3) is 0.806. The molecule has 4 N–H and O–H groups in total. The van der Waals surface area contributed by atoms with Gasteiger partial charge < -0.3 is 25.6 Å². The predicted octanol–water partition coefficient (Wildman–Crippen LogP) is 5.58. The second kappa shape index (κ2) is 26.8. The molecule has 2 unspecified atom stereocenters. The number of carbonyl (C=O) groups excluding carboxylic acids is 3. The van der Waals surface area contributed by atoms with Gasteiger partial charge in [0.15, 0.2) is 0 Å². The fourth-order valence-electron chi connectivity index (χ4n) is 4.27. The van der Waals surface area contributed by atoms with Crippen LogP contribution in [0.5, 0.6) is 0 Å². The lowest BCUT2D eigenvalue weighted by molar-refractivity contribution is -0.147. The lowest BCUT2D eigenvalue weighted by atomic mass is 10.1. The summed E-state index contributed by atoms with van der Waals surface area (Å²) in [6.07, 6.45) is 22.7. The van der Waals surface area contributed by atoms with E-state index in [1.165, 1.54) is 51.4 Å². The Bertz CT molecular complexity index is 712. The summed E-state index contributed by atoms with van der Waals surface area (Å²) in [5, 5.41) is 22.4. The molecule has 0 saturated carbocycles. The van der Waals surface area contributed by atoms with Gasteiger partial charge in [-0.3, -0.25) is 14.4 Å². The molecule has 0 aliphatic rings. The monoisotopic (exact) mass is 568 g/mol. The van der Waals surface area contributed by atoms with Gasteiger partial charge in [-0.25, -0.2) is 4.79 Å². The third kappa shape index (κ3) is 23.5. The first-order valence-electron chi connectivity index (χ1n) is 15.6. The van der Waals surface area contributed by atoms with Crippen LogP contribution in [-0.4, -0.2) is 59.3 Å². The van der Waals surface area contributed by atoms with Crippen molar-refractivity contribution >= 4 is 23.8 Å². The Balaban J connectivity index is 4.27. The quantitative estimate of drug-likeness (QED) is 0.0575. The number of aliphatic hydroxyl groups is 1. The molecule has 0 radical (unpaired) electrons. The minimum atomic E-state index is -1.39. The van der Waals surface area contributed by atoms with E-state index in [0.29, 0.717) is 12.8 Å². The van der Waals surface area contributed by atoms with Crippen LogP contribution in [0.15, 0.2) is 12.2 Å². The zero-order chi connectivity index (χ0) is 29.8. The number of carboxylic acid groups (broad SMARTS) is 1. The number of allylic oxidation sites excluding steroid dienone is 1. The predicted molar refractivity (Wildman–Crippen MR) is 158 cm³/mol. The van der Waals surface area contributed by atoms with Crippen molar-refractivity contribution in [2.24, 2.45) is 0 Å². The molecule has 2 amide bonds. The van der Waals surface area contributed by atoms with E-state index >= 15 is 0 Å². The molecule has 0 aromatic carbocycles. The van der Waals surface area contributed by atoms with Gasteiger partial charge in [-0.15, -0.1) is 0 Å². The summed E-state index contributed by atoms with van der Waals surface area (Å²) in [5.74, 6) is -2.41. The second-order valence-electron chi connectivity index (χ2n) is 10.5. The van der Waals surface area contributed by atoms with E-state index in [1.54, 1.807) is 0 Å². The highest BCUT2D eigenvalue weighted by molar-refractivity contribution is 5.87. The van der Waals surface area contributed by atoms with Crippen LogP contribution >= 0.6 is 0 Å². The van der Waals surface area contributed by atoms with Crippen LogP contribution in [-0.2, 0) is 23.9 Å². The first kappa shape index (κ1) is 37.6. The van der Waals surface area contributed by atoms with Crippen LogP contribution in [0.4, 0.5) is 0 Å². The molecule has 0 heterocycles. The number of hydrogen-bond acceptors (Lipinski definition) is 6. The first-order valence-corrected chi connectivity index (χ1v) is 15.6. The van der Waals surface area contributed by atoms with Crippen molar-refractivity contribution in [2.75, 3.05) is 13.2 Å². The van der Waals surface area contributed by atoms with E-state index in [9.17, 15) is 19.2 Å². The Hall–Kier alpha value is -2.42. The number of carboxylic acids is 1. The molecular weight excluding hydrogens is 512 g/mol. The summed E-state index contributed by atoms with van der Waals surface area (Å²) < 4.78 is 5.79. The smallest absolute Gasteiger partial charge is 0.328 e. The number of unbranched alkanes of at least 4 members (excludes halogenated alkanes) is 13. The maximum absolute atomic E-state index is 12.4. The van der Waals surface area contributed by atoms with Gasteiger partial charge in [0.25, 0.3) is 0 Å². The molecule has 0 rings (SSSR count). The molecule has 0 bridgehead atoms. The number of aliphatic carboxylic acids is 1. The van der Waals surface area contributed by atoms with E-state index < -0.39 is 24.5 Å². The maximum Gasteiger partial charge on any atom is 0.328 e. The fourth-order valence-corrected chi connectivity index (χ4v) is 4.27. The highest BCUT2D eigenvalue weighted by Crippen LogP contribution is 2.14. The average molecular weight is 569 g/mol. The van der Waals surface area contributed by atoms with E-state index in [1.807, 2.05) is 6.08 Å². The molecule has 0 aliphatic carbocycles. The van der Waals surface area contributed by atoms with Crippen LogP contribution in [0.2, 0.25) is 0 Å². The lowest BCUT2D eigenvalue weighted by Gasteiger charge is -2.15. The van der Waals surface area contributed by atoms with Crippen molar-refractivity contribution < 1.29 is 34.1 Å². The van der Waals surface area contributed by atoms with Gasteiger partial charge in [0, 0.05) is 12.8 Å². The van der Waals surface area contributed by atoms with Gasteiger partial charge in [-0.1, -0.05) is 90.6 Å². The van der Waals surface area contributed by atoms with E-state index in [-0.39, 0.29) is 30.9 Å². The van der Waals surface area contributed by atoms with Crippen molar-refractivity contribution in [2.45, 2.75) is 148 Å². The van der Waals surface area contributed by atoms with E-state index in [4.69, 9.17) is 14.9 Å². The molecule has 0 aromatic rings. The molecule has 2 atom stereocenters. The van der Waals surface area contributed by atoms with Crippen molar-refractivity contribution in [3.8, 4) is 0 Å². The number of ether oxygens (including phenoxy) is 1. The summed E-state index contributed by atoms with van der Waals surface area (Å²) in [4.78, 5) is 46.9. The van der Waals surface area contributed by atoms with Crippen molar-refractivity contribution in [1.82, 2.24) is 10.6 Å². The zero-order valence-corrected chi connectivity index (χ0v) is 25.1. The molecule has 9 heteroatoms. The number of carbonyl (C=O) groups is 4. The molecule has 232 valence electrons. The van der Waals surface area contributed by atoms with Gasteiger partial charge in [0.2, 0.25) is 11.8 Å². The molecule has 0 fully saturated rings. The van der Waals surface area contributed by atoms with Crippen molar-refractivity contribution in [1.29, 1.82) is 0 Å². The number of esters is 1. The molecular formula is C31H56N2O7. The Kier molecular flexibility index (Phi) is 25.2. The Morgan fingerprint density at radius 2 is 1.32 bits per heavy atom. The normalized spacial score (nSPS) is 12.7. The largest absolute Gasteiger partial charge is 0.480 e. The third-order valence-corrected chi connectivity index (χ3v) is 6.75. The van der Waals surface area contributed by atoms with Gasteiger partial charge in [0.1, 0.15) is 12.1 Å². The SMILES string of the molecule is CCCCCC/C=C\C(CCCCCCC(=O)NCC(=O)NC(CO)C(=O)O)OC(=O)CCCCCCCCC. The number of hydrogen-bond donors (Lipinski definition) is 4. The Labute approximate surface area is 241 Å². The standard InChI is InChI=1S/C31H56N2O7/c1-3-5-7-9-11-13-19-23-30(37)40-26(20-16-12-10-8-6-4-2)21-17-14-15-18-22-28(35)32-24-29(36)33-27(25-34)31(38)39/h16,20,26-27,34H,3-15,17-19,21-25H2,1-2H3,(H,32,35)(H,33,36)(H,38,39)/b20-16-. The maximum atomic E-state index is 12.4. The average Bonchev–Trinajstić information content (AvgIpc) is 2.93. The van der Waals surface area contributed by atoms with Crippen LogP contribution in [0.25, 0.3) is 0 Å². The summed E-state index contributed by atoms with van der Waals surface area (Å²) in [6, 6.07) is -1.39. The lowest BCUT2D eigenvalue weighted by Crippen LogP contribution is -2.47. The van der Waals surface area contributed by atoms with Crippen molar-refractivity contribution in [3.05, 3.63) is 12.2 Å². The summed E-state index contributed by atoms with van der Waals surface area (Å²) in [7, 11) is 0. The number of rotatable bonds is 27. The number of nitrogens with one attached hydrogen (secondary N) is 2. The van der Waals surface area contributed by atoms with Gasteiger partial charge in [-0.2, -0.15) is 0 Å². The van der Waals surface area contributed by atoms with Crippen LogP contribution in [0.1, 0.15) is 136 Å². The molecule has 9 nitrogen and oxygen atoms in total. The molecule has 0 spiro atoms. The van der Waals surface area contributed by atoms with Gasteiger partial charge in [-0.05, 0) is 44.6 Å². The summed E-state index contributed by atoms with van der Waals surface area (Å²) in [5.41, 5.74) is 0. The third-order valence-electron chi connectivity index (χ3n) is 6.75. The van der Waals surface area contributed by atoms with Crippen molar-refractivity contribution in [3.63, 3.8) is 0 Å². The molecule has 0 saturated heterocycles. The topological polar surface area (TPSA) is 142 Å². The Morgan fingerprint density at radius 3 is 1.95 bits per heavy atom. The summed E-state index contributed by atoms with van der Waals surface area (Å²) >= 11 is 0. The zero-order valence-electron chi connectivity index (χ0n) is 25.1. The molecule has 0 aromatic heterocycles. The highest BCUT2D eigenvalue weighted by atomic mass is 16.5. The first-order chi connectivity index (χ1) is 19.3. The number of aliphatic hydroxyl groups excluding tert-OH is 1. The van der Waals surface area contributed by atoms with Crippen LogP contribution in [0.3, 0.4) is 0 Å². The van der Waals surface area contributed by atoms with Gasteiger partial charge >= 0.3 is 11.9 Å². The molecule has 0 aliphatic heterocycles. The minimum absolute atomic E-state index is 0.122. The van der Waals surface area contributed by atoms with Crippen LogP contribution in [0, 0.1) is 0 Å². The van der Waals surface area contributed by atoms with E-state index in [0.717, 1.165) is 51.4 Å². The molecule has 40 heavy (non-hydrogen) atoms. The Morgan fingerprint density at radius 1 is 0.750 bits per heavy atom. The van der Waals surface area contributed by atoms with E-state index in [2.05, 4.69) is 30.6 Å². The summed E-state index contributed by atoms with van der Waals surface area (Å²) in [6.45, 7) is 3.35. The minimum Gasteiger partial charge on any atom is -0.480 e. The van der Waals surface area contributed by atoms with Crippen LogP contribution < -0.4 is 10.6 Å². The van der Waals surface area contributed by atoms with Gasteiger partial charge in [0.05, 0.1) is 13.2 Å².